The summed E-state index contributed by atoms with van der Waals surface area (Å²) in [4.78, 5) is 28.6. The number of nitrogens with zero attached hydrogens (tertiary/aromatic N) is 2. The van der Waals surface area contributed by atoms with Crippen molar-refractivity contribution in [2.45, 2.75) is 32.1 Å². The van der Waals surface area contributed by atoms with Gasteiger partial charge in [-0.15, -0.1) is 12.4 Å². The van der Waals surface area contributed by atoms with Gasteiger partial charge in [-0.05, 0) is 55.8 Å². The lowest BCUT2D eigenvalue weighted by atomic mass is 9.78. The molecule has 1 N–H and O–H groups in total. The fraction of sp³-hybridized carbons (Fsp3) is 0.579. The summed E-state index contributed by atoms with van der Waals surface area (Å²) in [7, 11) is 0. The van der Waals surface area contributed by atoms with Gasteiger partial charge >= 0.3 is 0 Å². The summed E-state index contributed by atoms with van der Waals surface area (Å²) in [5, 5.41) is 3.46. The molecule has 0 saturated carbocycles. The lowest BCUT2D eigenvalue weighted by Crippen LogP contribution is -2.44. The lowest BCUT2D eigenvalue weighted by Gasteiger charge is -2.39. The van der Waals surface area contributed by atoms with Crippen LogP contribution in [0, 0.1) is 5.41 Å². The highest BCUT2D eigenvalue weighted by Gasteiger charge is 2.38. The van der Waals surface area contributed by atoms with E-state index in [1.807, 2.05) is 29.2 Å². The molecule has 1 spiro atoms. The Balaban J connectivity index is 0.00000182. The third-order valence-electron chi connectivity index (χ3n) is 5.92. The van der Waals surface area contributed by atoms with Crippen molar-refractivity contribution in [3.63, 3.8) is 0 Å². The van der Waals surface area contributed by atoms with E-state index in [1.54, 1.807) is 4.90 Å². The van der Waals surface area contributed by atoms with Crippen LogP contribution in [0.3, 0.4) is 0 Å². The largest absolute Gasteiger partial charge is 0.339 e. The standard InChI is InChI=1S/C19H25N3O2.ClH/c23-17-5-2-10-22(17)16-4-1-3-15(13-16)18(24)21-11-7-19(8-12-21)6-9-20-14-19;/h1,3-4,13,20H,2,5-12,14H2;1H. The van der Waals surface area contributed by atoms with Gasteiger partial charge in [0.1, 0.15) is 0 Å². The number of benzene rings is 1. The molecule has 2 amide bonds. The van der Waals surface area contributed by atoms with Crippen molar-refractivity contribution in [3.05, 3.63) is 29.8 Å². The number of anilines is 1. The fourth-order valence-electron chi connectivity index (χ4n) is 4.32. The Morgan fingerprint density at radius 3 is 2.56 bits per heavy atom. The van der Waals surface area contributed by atoms with Gasteiger partial charge < -0.3 is 15.1 Å². The first-order chi connectivity index (χ1) is 11.7. The Hall–Kier alpha value is -1.59. The van der Waals surface area contributed by atoms with Crippen molar-refractivity contribution < 1.29 is 9.59 Å². The summed E-state index contributed by atoms with van der Waals surface area (Å²) in [5.41, 5.74) is 1.98. The Kier molecular flexibility index (Phi) is 5.35. The molecule has 0 bridgehead atoms. The maximum atomic E-state index is 12.9. The van der Waals surface area contributed by atoms with Crippen molar-refractivity contribution in [2.75, 3.05) is 37.6 Å². The first-order valence-electron chi connectivity index (χ1n) is 9.07. The average molecular weight is 364 g/mol. The maximum Gasteiger partial charge on any atom is 0.253 e. The van der Waals surface area contributed by atoms with Gasteiger partial charge in [-0.3, -0.25) is 9.59 Å². The topological polar surface area (TPSA) is 52.7 Å². The Morgan fingerprint density at radius 2 is 1.92 bits per heavy atom. The summed E-state index contributed by atoms with van der Waals surface area (Å²) in [6, 6.07) is 7.57. The number of piperidine rings is 1. The van der Waals surface area contributed by atoms with Crippen LogP contribution in [0.4, 0.5) is 5.69 Å². The van der Waals surface area contributed by atoms with Crippen LogP contribution >= 0.6 is 12.4 Å². The molecule has 3 saturated heterocycles. The van der Waals surface area contributed by atoms with E-state index in [-0.39, 0.29) is 24.2 Å². The highest BCUT2D eigenvalue weighted by atomic mass is 35.5. The predicted octanol–water partition coefficient (Wildman–Crippen LogP) is 2.45. The number of likely N-dealkylation sites (tertiary alicyclic amines) is 1. The van der Waals surface area contributed by atoms with E-state index in [9.17, 15) is 9.59 Å². The molecule has 6 heteroatoms. The highest BCUT2D eigenvalue weighted by molar-refractivity contribution is 5.99. The number of halogens is 1. The van der Waals surface area contributed by atoms with E-state index in [2.05, 4.69) is 5.32 Å². The summed E-state index contributed by atoms with van der Waals surface area (Å²) in [6.45, 7) is 4.65. The van der Waals surface area contributed by atoms with Gasteiger partial charge in [-0.1, -0.05) is 6.07 Å². The SMILES string of the molecule is Cl.O=C(c1cccc(N2CCCC2=O)c1)N1CCC2(CCNC2)CC1. The number of rotatable bonds is 2. The molecule has 1 aromatic carbocycles. The normalized spacial score (nSPS) is 22.3. The van der Waals surface area contributed by atoms with Crippen molar-refractivity contribution in [2.24, 2.45) is 5.41 Å². The van der Waals surface area contributed by atoms with E-state index in [0.717, 1.165) is 57.7 Å². The molecule has 0 aromatic heterocycles. The lowest BCUT2D eigenvalue weighted by molar-refractivity contribution is -0.117. The minimum Gasteiger partial charge on any atom is -0.339 e. The molecule has 136 valence electrons. The second-order valence-corrected chi connectivity index (χ2v) is 7.42. The molecule has 5 nitrogen and oxygen atoms in total. The molecule has 0 atom stereocenters. The first kappa shape index (κ1) is 18.2. The fourth-order valence-corrected chi connectivity index (χ4v) is 4.32. The Bertz CT molecular complexity index is 648. The van der Waals surface area contributed by atoms with Gasteiger partial charge in [-0.2, -0.15) is 0 Å². The number of carbonyl (C=O) groups is 2. The van der Waals surface area contributed by atoms with Crippen LogP contribution in [-0.2, 0) is 4.79 Å². The van der Waals surface area contributed by atoms with E-state index in [4.69, 9.17) is 0 Å². The molecule has 25 heavy (non-hydrogen) atoms. The van der Waals surface area contributed by atoms with E-state index in [1.165, 1.54) is 6.42 Å². The molecular weight excluding hydrogens is 338 g/mol. The molecule has 0 aliphatic carbocycles. The van der Waals surface area contributed by atoms with Crippen LogP contribution in [0.15, 0.2) is 24.3 Å². The molecule has 3 heterocycles. The van der Waals surface area contributed by atoms with Gasteiger partial charge in [0.05, 0.1) is 0 Å². The molecule has 0 unspecified atom stereocenters. The third kappa shape index (κ3) is 3.53. The van der Waals surface area contributed by atoms with Crippen LogP contribution in [0.25, 0.3) is 0 Å². The van der Waals surface area contributed by atoms with Crippen LogP contribution in [0.5, 0.6) is 0 Å². The second kappa shape index (κ2) is 7.34. The van der Waals surface area contributed by atoms with Crippen molar-refractivity contribution >= 4 is 29.9 Å². The van der Waals surface area contributed by atoms with E-state index < -0.39 is 0 Å². The smallest absolute Gasteiger partial charge is 0.253 e. The second-order valence-electron chi connectivity index (χ2n) is 7.42. The number of hydrogen-bond acceptors (Lipinski definition) is 3. The van der Waals surface area contributed by atoms with Crippen LogP contribution in [0.2, 0.25) is 0 Å². The highest BCUT2D eigenvalue weighted by Crippen LogP contribution is 2.37. The Labute approximate surface area is 155 Å². The molecule has 3 aliphatic heterocycles. The Morgan fingerprint density at radius 1 is 1.12 bits per heavy atom. The molecule has 3 aliphatic rings. The van der Waals surface area contributed by atoms with Crippen LogP contribution in [0.1, 0.15) is 42.5 Å². The number of carbonyl (C=O) groups excluding carboxylic acids is 2. The zero-order valence-electron chi connectivity index (χ0n) is 14.5. The molecule has 4 rings (SSSR count). The average Bonchev–Trinajstić information content (AvgIpc) is 3.24. The van der Waals surface area contributed by atoms with Gasteiger partial charge in [0, 0.05) is 43.9 Å². The molecule has 3 fully saturated rings. The summed E-state index contributed by atoms with van der Waals surface area (Å²) >= 11 is 0. The molecular formula is C19H26ClN3O2. The maximum absolute atomic E-state index is 12.9. The van der Waals surface area contributed by atoms with Crippen LogP contribution < -0.4 is 10.2 Å². The quantitative estimate of drug-likeness (QED) is 0.878. The number of hydrogen-bond donors (Lipinski definition) is 1. The van der Waals surface area contributed by atoms with E-state index in [0.29, 0.717) is 17.4 Å². The van der Waals surface area contributed by atoms with Crippen molar-refractivity contribution in [1.82, 2.24) is 10.2 Å². The van der Waals surface area contributed by atoms with Gasteiger partial charge in [0.2, 0.25) is 5.91 Å². The number of amides is 2. The summed E-state index contributed by atoms with van der Waals surface area (Å²) < 4.78 is 0. The van der Waals surface area contributed by atoms with Gasteiger partial charge in [-0.25, -0.2) is 0 Å². The zero-order chi connectivity index (χ0) is 16.6. The minimum atomic E-state index is 0. The first-order valence-corrected chi connectivity index (χ1v) is 9.07. The van der Waals surface area contributed by atoms with Crippen molar-refractivity contribution in [3.8, 4) is 0 Å². The summed E-state index contributed by atoms with van der Waals surface area (Å²) in [5.74, 6) is 0.262. The molecule has 0 radical (unpaired) electrons. The van der Waals surface area contributed by atoms with Gasteiger partial charge in [0.25, 0.3) is 5.91 Å². The third-order valence-corrected chi connectivity index (χ3v) is 5.92. The van der Waals surface area contributed by atoms with Crippen LogP contribution in [-0.4, -0.2) is 49.4 Å². The zero-order valence-corrected chi connectivity index (χ0v) is 15.3. The monoisotopic (exact) mass is 363 g/mol. The van der Waals surface area contributed by atoms with E-state index >= 15 is 0 Å². The molecule has 1 aromatic rings. The predicted molar refractivity (Wildman–Crippen MR) is 100 cm³/mol. The number of nitrogens with one attached hydrogen (secondary N) is 1. The minimum absolute atomic E-state index is 0. The van der Waals surface area contributed by atoms with Gasteiger partial charge in [0.15, 0.2) is 0 Å². The van der Waals surface area contributed by atoms with Crippen molar-refractivity contribution in [1.29, 1.82) is 0 Å². The summed E-state index contributed by atoms with van der Waals surface area (Å²) in [6.07, 6.45) is 4.94.